The van der Waals surface area contributed by atoms with E-state index in [1.165, 1.54) is 11.3 Å². The Hall–Kier alpha value is -2.36. The molecule has 0 atom stereocenters. The summed E-state index contributed by atoms with van der Waals surface area (Å²) in [5, 5.41) is 15.3. The van der Waals surface area contributed by atoms with E-state index in [-0.39, 0.29) is 5.95 Å². The first-order chi connectivity index (χ1) is 9.67. The van der Waals surface area contributed by atoms with Crippen molar-refractivity contribution in [3.63, 3.8) is 0 Å². The molecule has 0 aliphatic heterocycles. The average molecular weight is 302 g/mol. The fraction of sp³-hybridized carbons (Fsp3) is 0. The number of nitrogens with one attached hydrogen (secondary N) is 1. The number of nitrogens with two attached hydrogens (primary N) is 1. The number of nitriles is 1. The minimum absolute atomic E-state index is 0.190. The normalized spacial score (nSPS) is 10.4. The zero-order chi connectivity index (χ0) is 14.1. The number of anilines is 3. The molecule has 0 unspecified atom stereocenters. The van der Waals surface area contributed by atoms with Gasteiger partial charge in [0.05, 0.1) is 27.7 Å². The fourth-order valence-corrected chi connectivity index (χ4v) is 2.72. The van der Waals surface area contributed by atoms with E-state index in [0.29, 0.717) is 22.1 Å². The van der Waals surface area contributed by atoms with Crippen LogP contribution >= 0.6 is 22.9 Å². The first-order valence-electron chi connectivity index (χ1n) is 5.65. The molecule has 7 heteroatoms. The number of nitrogens with zero attached hydrogens (tertiary/aromatic N) is 3. The summed E-state index contributed by atoms with van der Waals surface area (Å²) < 4.78 is 0. The number of thiophene rings is 1. The Morgan fingerprint density at radius 2 is 2.15 bits per heavy atom. The van der Waals surface area contributed by atoms with Gasteiger partial charge in [-0.05, 0) is 29.6 Å². The number of aromatic nitrogens is 2. The molecule has 2 aromatic heterocycles. The minimum atomic E-state index is 0.190. The Bertz CT molecular complexity index is 836. The molecule has 0 saturated heterocycles. The van der Waals surface area contributed by atoms with Gasteiger partial charge in [-0.25, -0.2) is 4.98 Å². The third-order valence-corrected chi connectivity index (χ3v) is 3.83. The monoisotopic (exact) mass is 301 g/mol. The van der Waals surface area contributed by atoms with E-state index >= 15 is 0 Å². The van der Waals surface area contributed by atoms with Crippen molar-refractivity contribution in [2.24, 2.45) is 0 Å². The van der Waals surface area contributed by atoms with Gasteiger partial charge in [0, 0.05) is 0 Å². The Morgan fingerprint density at radius 3 is 2.95 bits per heavy atom. The molecule has 5 nitrogen and oxygen atoms in total. The van der Waals surface area contributed by atoms with Gasteiger partial charge in [-0.3, -0.25) is 0 Å². The highest BCUT2D eigenvalue weighted by Gasteiger charge is 2.10. The fourth-order valence-electron chi connectivity index (χ4n) is 1.79. The summed E-state index contributed by atoms with van der Waals surface area (Å²) in [6.07, 6.45) is 0. The molecular formula is C13H8ClN5S. The van der Waals surface area contributed by atoms with Gasteiger partial charge in [0.1, 0.15) is 10.6 Å². The molecule has 3 aromatic rings. The summed E-state index contributed by atoms with van der Waals surface area (Å²) in [5.41, 5.74) is 6.81. The number of hydrogen-bond donors (Lipinski definition) is 2. The van der Waals surface area contributed by atoms with Crippen LogP contribution in [0.5, 0.6) is 0 Å². The lowest BCUT2D eigenvalue weighted by atomic mass is 10.2. The van der Waals surface area contributed by atoms with E-state index in [1.807, 2.05) is 11.4 Å². The Kier molecular flexibility index (Phi) is 3.14. The van der Waals surface area contributed by atoms with E-state index in [4.69, 9.17) is 22.6 Å². The molecule has 0 spiro atoms. The van der Waals surface area contributed by atoms with Crippen LogP contribution in [0.1, 0.15) is 5.56 Å². The predicted octanol–water partition coefficient (Wildman–Crippen LogP) is 3.54. The molecule has 0 fully saturated rings. The van der Waals surface area contributed by atoms with Gasteiger partial charge >= 0.3 is 0 Å². The van der Waals surface area contributed by atoms with Gasteiger partial charge in [-0.15, -0.1) is 11.3 Å². The van der Waals surface area contributed by atoms with E-state index in [2.05, 4.69) is 21.4 Å². The van der Waals surface area contributed by atoms with Crippen molar-refractivity contribution in [2.75, 3.05) is 11.1 Å². The molecule has 3 rings (SSSR count). The molecule has 0 aliphatic carbocycles. The average Bonchev–Trinajstić information content (AvgIpc) is 2.89. The number of halogens is 1. The standard InChI is InChI=1S/C13H8ClN5S/c14-9-2-1-7(6-15)5-10(9)17-11-8-3-4-20-12(8)19-13(16)18-11/h1-5H,(H3,16,17,18,19). The van der Waals surface area contributed by atoms with Crippen LogP contribution in [0.3, 0.4) is 0 Å². The van der Waals surface area contributed by atoms with Crippen LogP contribution in [0, 0.1) is 11.3 Å². The van der Waals surface area contributed by atoms with Gasteiger partial charge in [-0.2, -0.15) is 10.2 Å². The van der Waals surface area contributed by atoms with Crippen LogP contribution < -0.4 is 11.1 Å². The third kappa shape index (κ3) is 2.25. The summed E-state index contributed by atoms with van der Waals surface area (Å²) in [7, 11) is 0. The zero-order valence-corrected chi connectivity index (χ0v) is 11.7. The van der Waals surface area contributed by atoms with Gasteiger partial charge in [0.25, 0.3) is 0 Å². The minimum Gasteiger partial charge on any atom is -0.368 e. The van der Waals surface area contributed by atoms with E-state index in [0.717, 1.165) is 10.2 Å². The molecule has 20 heavy (non-hydrogen) atoms. The van der Waals surface area contributed by atoms with Crippen LogP contribution in [0.4, 0.5) is 17.5 Å². The maximum atomic E-state index is 8.94. The quantitative estimate of drug-likeness (QED) is 0.756. The van der Waals surface area contributed by atoms with E-state index in [9.17, 15) is 0 Å². The maximum absolute atomic E-state index is 8.94. The van der Waals surface area contributed by atoms with Crippen LogP contribution in [-0.2, 0) is 0 Å². The maximum Gasteiger partial charge on any atom is 0.223 e. The number of nitrogen functional groups attached to an aromatic ring is 1. The van der Waals surface area contributed by atoms with Crippen LogP contribution in [0.25, 0.3) is 10.2 Å². The van der Waals surface area contributed by atoms with Gasteiger partial charge in [0.15, 0.2) is 0 Å². The molecular weight excluding hydrogens is 294 g/mol. The summed E-state index contributed by atoms with van der Waals surface area (Å²) in [4.78, 5) is 9.14. The largest absolute Gasteiger partial charge is 0.368 e. The molecule has 0 bridgehead atoms. The lowest BCUT2D eigenvalue weighted by Crippen LogP contribution is -2.00. The Balaban J connectivity index is 2.09. The lowest BCUT2D eigenvalue weighted by Gasteiger charge is -2.09. The number of hydrogen-bond acceptors (Lipinski definition) is 6. The first-order valence-corrected chi connectivity index (χ1v) is 6.90. The van der Waals surface area contributed by atoms with Crippen molar-refractivity contribution in [1.29, 1.82) is 5.26 Å². The molecule has 3 N–H and O–H groups in total. The topological polar surface area (TPSA) is 87.6 Å². The van der Waals surface area contributed by atoms with Gasteiger partial charge in [-0.1, -0.05) is 11.6 Å². The van der Waals surface area contributed by atoms with Gasteiger partial charge in [0.2, 0.25) is 5.95 Å². The van der Waals surface area contributed by atoms with Crippen LogP contribution in [-0.4, -0.2) is 9.97 Å². The number of fused-ring (bicyclic) bond motifs is 1. The van der Waals surface area contributed by atoms with E-state index in [1.54, 1.807) is 18.2 Å². The smallest absolute Gasteiger partial charge is 0.223 e. The molecule has 0 aliphatic rings. The van der Waals surface area contributed by atoms with Crippen molar-refractivity contribution >= 4 is 50.6 Å². The van der Waals surface area contributed by atoms with Crippen LogP contribution in [0.15, 0.2) is 29.6 Å². The molecule has 0 amide bonds. The van der Waals surface area contributed by atoms with E-state index < -0.39 is 0 Å². The highest BCUT2D eigenvalue weighted by Crippen LogP contribution is 2.31. The summed E-state index contributed by atoms with van der Waals surface area (Å²) in [5.74, 6) is 0.765. The summed E-state index contributed by atoms with van der Waals surface area (Å²) in [6, 6.07) is 8.96. The number of rotatable bonds is 2. The SMILES string of the molecule is N#Cc1ccc(Cl)c(Nc2nc(N)nc3sccc23)c1. The first kappa shape index (κ1) is 12.7. The number of benzene rings is 1. The molecule has 0 radical (unpaired) electrons. The van der Waals surface area contributed by atoms with Crippen molar-refractivity contribution < 1.29 is 0 Å². The Labute approximate surface area is 123 Å². The summed E-state index contributed by atoms with van der Waals surface area (Å²) in [6.45, 7) is 0. The molecule has 1 aromatic carbocycles. The molecule has 98 valence electrons. The van der Waals surface area contributed by atoms with Crippen LogP contribution in [0.2, 0.25) is 5.02 Å². The zero-order valence-electron chi connectivity index (χ0n) is 10.1. The summed E-state index contributed by atoms with van der Waals surface area (Å²) >= 11 is 7.61. The second-order valence-corrected chi connectivity index (χ2v) is 5.30. The van der Waals surface area contributed by atoms with Crippen molar-refractivity contribution in [3.05, 3.63) is 40.2 Å². The second kappa shape index (κ2) is 4.96. The Morgan fingerprint density at radius 1 is 1.30 bits per heavy atom. The predicted molar refractivity (Wildman–Crippen MR) is 81.3 cm³/mol. The van der Waals surface area contributed by atoms with Crippen molar-refractivity contribution in [3.8, 4) is 6.07 Å². The molecule has 0 saturated carbocycles. The molecule has 2 heterocycles. The third-order valence-electron chi connectivity index (χ3n) is 2.69. The highest BCUT2D eigenvalue weighted by atomic mass is 35.5. The van der Waals surface area contributed by atoms with Gasteiger partial charge < -0.3 is 11.1 Å². The highest BCUT2D eigenvalue weighted by molar-refractivity contribution is 7.16. The second-order valence-electron chi connectivity index (χ2n) is 4.00. The van der Waals surface area contributed by atoms with Crippen molar-refractivity contribution in [1.82, 2.24) is 9.97 Å². The van der Waals surface area contributed by atoms with Crippen molar-refractivity contribution in [2.45, 2.75) is 0 Å². The lowest BCUT2D eigenvalue weighted by molar-refractivity contribution is 1.24.